The van der Waals surface area contributed by atoms with Crippen molar-refractivity contribution in [3.05, 3.63) is 72.3 Å². The van der Waals surface area contributed by atoms with Gasteiger partial charge in [0.05, 0.1) is 6.20 Å². The van der Waals surface area contributed by atoms with Crippen LogP contribution in [0.2, 0.25) is 0 Å². The van der Waals surface area contributed by atoms with Gasteiger partial charge in [0.2, 0.25) is 35.4 Å². The number of carbonyl (C=O) groups is 7. The maximum Gasteiger partial charge on any atom is 0.271 e. The molecule has 0 unspecified atom stereocenters. The number of nitrogens with one attached hydrogen (secondary N) is 7. The molecule has 1 aliphatic heterocycles. The third-order valence-electron chi connectivity index (χ3n) is 9.33. The molecular formula is C38H51N9O7. The Morgan fingerprint density at radius 3 is 2.19 bits per heavy atom. The average Bonchev–Trinajstić information content (AvgIpc) is 3.18. The largest absolute Gasteiger partial charge is 0.355 e. The monoisotopic (exact) mass is 745 g/mol. The van der Waals surface area contributed by atoms with Gasteiger partial charge >= 0.3 is 0 Å². The summed E-state index contributed by atoms with van der Waals surface area (Å²) in [6.45, 7) is 2.13. The van der Waals surface area contributed by atoms with Crippen molar-refractivity contribution in [1.29, 1.82) is 0 Å². The van der Waals surface area contributed by atoms with Gasteiger partial charge in [0, 0.05) is 50.6 Å². The summed E-state index contributed by atoms with van der Waals surface area (Å²) >= 11 is 0. The van der Waals surface area contributed by atoms with Crippen LogP contribution in [0, 0.1) is 5.92 Å². The van der Waals surface area contributed by atoms with E-state index in [4.69, 9.17) is 0 Å². The van der Waals surface area contributed by atoms with E-state index in [1.165, 1.54) is 18.6 Å². The Kier molecular flexibility index (Phi) is 16.6. The third kappa shape index (κ3) is 13.7. The summed E-state index contributed by atoms with van der Waals surface area (Å²) < 4.78 is 0. The molecule has 1 aromatic heterocycles. The molecule has 2 aliphatic rings. The van der Waals surface area contributed by atoms with E-state index in [0.29, 0.717) is 13.0 Å². The van der Waals surface area contributed by atoms with Crippen molar-refractivity contribution in [2.75, 3.05) is 19.6 Å². The lowest BCUT2D eigenvalue weighted by Gasteiger charge is -2.28. The van der Waals surface area contributed by atoms with Crippen LogP contribution in [0.5, 0.6) is 0 Å². The van der Waals surface area contributed by atoms with E-state index in [1.807, 2.05) is 30.3 Å². The van der Waals surface area contributed by atoms with E-state index in [2.05, 4.69) is 47.2 Å². The van der Waals surface area contributed by atoms with E-state index in [9.17, 15) is 33.6 Å². The lowest BCUT2D eigenvalue weighted by Crippen LogP contribution is -2.58. The first kappa shape index (κ1) is 41.1. The Balaban J connectivity index is 1.60. The molecule has 4 rings (SSSR count). The summed E-state index contributed by atoms with van der Waals surface area (Å²) in [5, 5.41) is 19.1. The first-order chi connectivity index (χ1) is 26.1. The Labute approximate surface area is 314 Å². The van der Waals surface area contributed by atoms with Crippen LogP contribution in [0.4, 0.5) is 0 Å². The van der Waals surface area contributed by atoms with Crippen LogP contribution in [0.25, 0.3) is 0 Å². The summed E-state index contributed by atoms with van der Waals surface area (Å²) in [5.41, 5.74) is 0.882. The molecule has 290 valence electrons. The Morgan fingerprint density at radius 1 is 0.778 bits per heavy atom. The van der Waals surface area contributed by atoms with Gasteiger partial charge in [-0.15, -0.1) is 0 Å². The van der Waals surface area contributed by atoms with Crippen LogP contribution < -0.4 is 37.2 Å². The van der Waals surface area contributed by atoms with Gasteiger partial charge in [-0.3, -0.25) is 38.5 Å². The van der Waals surface area contributed by atoms with Crippen LogP contribution in [-0.2, 0) is 35.2 Å². The van der Waals surface area contributed by atoms with E-state index in [1.54, 1.807) is 6.92 Å². The van der Waals surface area contributed by atoms with Crippen molar-refractivity contribution < 1.29 is 33.6 Å². The molecule has 1 saturated carbocycles. The normalized spacial score (nSPS) is 22.9. The molecule has 0 radical (unpaired) electrons. The quantitative estimate of drug-likeness (QED) is 0.157. The van der Waals surface area contributed by atoms with Crippen LogP contribution >= 0.6 is 0 Å². The van der Waals surface area contributed by atoms with Crippen LogP contribution in [-0.4, -0.2) is 95.1 Å². The van der Waals surface area contributed by atoms with Crippen molar-refractivity contribution >= 4 is 41.4 Å². The molecule has 0 saturated heterocycles. The maximum atomic E-state index is 14.1. The molecule has 54 heavy (non-hydrogen) atoms. The molecule has 7 amide bonds. The number of hydrogen-bond acceptors (Lipinski definition) is 9. The topological polar surface area (TPSA) is 229 Å². The minimum atomic E-state index is -1.13. The first-order valence-electron chi connectivity index (χ1n) is 18.7. The maximum absolute atomic E-state index is 14.1. The minimum absolute atomic E-state index is 0.00827. The van der Waals surface area contributed by atoms with Crippen LogP contribution in [0.1, 0.15) is 80.8 Å². The molecule has 2 heterocycles. The highest BCUT2D eigenvalue weighted by Gasteiger charge is 2.32. The second-order valence-electron chi connectivity index (χ2n) is 13.5. The van der Waals surface area contributed by atoms with Crippen molar-refractivity contribution in [3.63, 3.8) is 0 Å². The molecule has 2 aromatic rings. The van der Waals surface area contributed by atoms with Crippen molar-refractivity contribution in [2.45, 2.75) is 95.3 Å². The zero-order chi connectivity index (χ0) is 38.7. The smallest absolute Gasteiger partial charge is 0.271 e. The highest BCUT2D eigenvalue weighted by Crippen LogP contribution is 2.27. The minimum Gasteiger partial charge on any atom is -0.355 e. The number of hydrogen-bond donors (Lipinski definition) is 7. The number of likely N-dealkylation sites (N-methyl/N-ethyl adjacent to an activating group) is 1. The van der Waals surface area contributed by atoms with Crippen molar-refractivity contribution in [3.8, 4) is 0 Å². The second kappa shape index (κ2) is 21.8. The van der Waals surface area contributed by atoms with E-state index in [0.717, 1.165) is 49.8 Å². The fourth-order valence-electron chi connectivity index (χ4n) is 6.50. The lowest BCUT2D eigenvalue weighted by atomic mass is 9.84. The summed E-state index contributed by atoms with van der Waals surface area (Å²) in [7, 11) is 0. The van der Waals surface area contributed by atoms with E-state index in [-0.39, 0.29) is 50.4 Å². The highest BCUT2D eigenvalue weighted by molar-refractivity contribution is 6.00. The third-order valence-corrected chi connectivity index (χ3v) is 9.33. The zero-order valence-corrected chi connectivity index (χ0v) is 30.6. The Morgan fingerprint density at radius 2 is 1.48 bits per heavy atom. The highest BCUT2D eigenvalue weighted by atomic mass is 16.2. The molecule has 7 N–H and O–H groups in total. The summed E-state index contributed by atoms with van der Waals surface area (Å²) in [5.74, 6) is -3.91. The fraction of sp³-hybridized carbons (Fsp3) is 0.500. The van der Waals surface area contributed by atoms with Gasteiger partial charge in [0.15, 0.2) is 0 Å². The molecule has 16 heteroatoms. The number of nitrogens with zero attached hydrogens (tertiary/aromatic N) is 2. The SMILES string of the molecule is CCNC(=O)[C@@H]1CCNC(=O)[C@H](CCCNC(=O)c2cnccn2)NC(=O)[C@H](Cc2ccccc2)NC(=O)[C@H](CC2CCCCC2)NC(=O)/C=C\C(=O)N1. The van der Waals surface area contributed by atoms with Gasteiger partial charge in [-0.05, 0) is 44.1 Å². The van der Waals surface area contributed by atoms with Crippen molar-refractivity contribution in [1.82, 2.24) is 47.2 Å². The van der Waals surface area contributed by atoms with Gasteiger partial charge in [0.1, 0.15) is 29.9 Å². The van der Waals surface area contributed by atoms with Gasteiger partial charge in [-0.25, -0.2) is 4.98 Å². The van der Waals surface area contributed by atoms with Gasteiger partial charge < -0.3 is 37.2 Å². The molecule has 0 bridgehead atoms. The number of aromatic nitrogens is 2. The summed E-state index contributed by atoms with van der Waals surface area (Å²) in [4.78, 5) is 101. The predicted octanol–water partition coefficient (Wildman–Crippen LogP) is 0.351. The first-order valence-corrected chi connectivity index (χ1v) is 18.7. The molecule has 1 aromatic carbocycles. The zero-order valence-electron chi connectivity index (χ0n) is 30.6. The molecule has 4 atom stereocenters. The second-order valence-corrected chi connectivity index (χ2v) is 13.5. The number of carbonyl (C=O) groups excluding carboxylic acids is 7. The molecule has 1 fully saturated rings. The summed E-state index contributed by atoms with van der Waals surface area (Å²) in [6.07, 6.45) is 11.9. The molecular weight excluding hydrogens is 694 g/mol. The number of amides is 7. The standard InChI is InChI=1S/C38H51N9O7/c1-2-40-34(50)28-17-19-43-35(51)27(14-9-18-42-36(52)31-24-39-20-21-41-31)46-38(54)30(23-26-12-7-4-8-13-26)47-37(53)29(22-25-10-5-3-6-11-25)45-33(49)16-15-32(48)44-28/h4,7-8,12-13,15-16,20-21,24-25,27-30H,2-3,5-6,9-11,14,17-19,22-23H2,1H3,(H,40,50)(H,42,52)(H,43,51)(H,44,48)(H,45,49)(H,46,54)(H,47,53)/b16-15-/t27-,28-,29-,30-/m0/s1. The van der Waals surface area contributed by atoms with Crippen LogP contribution in [0.15, 0.2) is 61.1 Å². The summed E-state index contributed by atoms with van der Waals surface area (Å²) in [6, 6.07) is 4.79. The lowest BCUT2D eigenvalue weighted by molar-refractivity contribution is -0.133. The van der Waals surface area contributed by atoms with E-state index >= 15 is 0 Å². The number of rotatable bonds is 11. The Bertz CT molecular complexity index is 1620. The Hall–Kier alpha value is -5.67. The van der Waals surface area contributed by atoms with Crippen LogP contribution in [0.3, 0.4) is 0 Å². The van der Waals surface area contributed by atoms with Gasteiger partial charge in [0.25, 0.3) is 5.91 Å². The number of benzene rings is 1. The average molecular weight is 746 g/mol. The molecule has 16 nitrogen and oxygen atoms in total. The van der Waals surface area contributed by atoms with Gasteiger partial charge in [-0.2, -0.15) is 0 Å². The predicted molar refractivity (Wildman–Crippen MR) is 198 cm³/mol. The van der Waals surface area contributed by atoms with Gasteiger partial charge in [-0.1, -0.05) is 62.4 Å². The van der Waals surface area contributed by atoms with E-state index < -0.39 is 65.5 Å². The fourth-order valence-corrected chi connectivity index (χ4v) is 6.50. The molecule has 1 aliphatic carbocycles. The van der Waals surface area contributed by atoms with Crippen molar-refractivity contribution in [2.24, 2.45) is 5.92 Å². The molecule has 0 spiro atoms.